The minimum atomic E-state index is -0.213. The second kappa shape index (κ2) is 8.33. The van der Waals surface area contributed by atoms with Crippen molar-refractivity contribution in [3.8, 4) is 0 Å². The molecule has 0 amide bonds. The molecule has 0 atom stereocenters. The molecule has 0 saturated carbocycles. The Bertz CT molecular complexity index is 206. The lowest BCUT2D eigenvalue weighted by Gasteiger charge is -2.19. The molecule has 0 spiro atoms. The van der Waals surface area contributed by atoms with E-state index in [0.29, 0.717) is 12.2 Å². The van der Waals surface area contributed by atoms with E-state index in [-0.39, 0.29) is 5.97 Å². The van der Waals surface area contributed by atoms with Gasteiger partial charge < -0.3 is 9.64 Å². The highest BCUT2D eigenvalue weighted by Crippen LogP contribution is 2.02. The molecule has 3 heteroatoms. The smallest absolute Gasteiger partial charge is 0.335 e. The largest absolute Gasteiger partial charge is 0.463 e. The number of carbonyl (C=O) groups is 1. The third kappa shape index (κ3) is 6.15. The highest BCUT2D eigenvalue weighted by molar-refractivity contribution is 5.87. The van der Waals surface area contributed by atoms with Gasteiger partial charge in [-0.1, -0.05) is 13.8 Å². The minimum Gasteiger partial charge on any atom is -0.463 e. The van der Waals surface area contributed by atoms with Crippen LogP contribution in [-0.2, 0) is 9.53 Å². The summed E-state index contributed by atoms with van der Waals surface area (Å²) in [5.74, 6) is -0.213. The van der Waals surface area contributed by atoms with Crippen LogP contribution in [0.25, 0.3) is 0 Å². The first kappa shape index (κ1) is 14.0. The topological polar surface area (TPSA) is 29.5 Å². The molecular formula is C12H23NO2. The standard InChI is InChI=1S/C12H23NO2/c1-5-8-13(9-6-2)10-11(4)12(14)15-7-3/h10H,5-9H2,1-4H3. The lowest BCUT2D eigenvalue weighted by atomic mass is 10.3. The fourth-order valence-electron chi connectivity index (χ4n) is 1.39. The van der Waals surface area contributed by atoms with Gasteiger partial charge in [0.15, 0.2) is 0 Å². The molecule has 0 bridgehead atoms. The van der Waals surface area contributed by atoms with E-state index in [0.717, 1.165) is 25.9 Å². The van der Waals surface area contributed by atoms with E-state index in [4.69, 9.17) is 4.74 Å². The summed E-state index contributed by atoms with van der Waals surface area (Å²) in [5.41, 5.74) is 0.679. The average Bonchev–Trinajstić information content (AvgIpc) is 2.18. The van der Waals surface area contributed by atoms with Gasteiger partial charge in [-0.25, -0.2) is 4.79 Å². The molecule has 0 aromatic rings. The van der Waals surface area contributed by atoms with Crippen LogP contribution in [0.5, 0.6) is 0 Å². The number of esters is 1. The van der Waals surface area contributed by atoms with Crippen molar-refractivity contribution in [2.45, 2.75) is 40.5 Å². The Morgan fingerprint density at radius 1 is 1.20 bits per heavy atom. The van der Waals surface area contributed by atoms with Crippen molar-refractivity contribution in [2.75, 3.05) is 19.7 Å². The van der Waals surface area contributed by atoms with Crippen LogP contribution in [0.3, 0.4) is 0 Å². The van der Waals surface area contributed by atoms with Gasteiger partial charge in [-0.2, -0.15) is 0 Å². The van der Waals surface area contributed by atoms with E-state index in [1.54, 1.807) is 6.92 Å². The predicted octanol–water partition coefficient (Wildman–Crippen LogP) is 2.58. The van der Waals surface area contributed by atoms with Crippen molar-refractivity contribution >= 4 is 5.97 Å². The predicted molar refractivity (Wildman–Crippen MR) is 62.5 cm³/mol. The lowest BCUT2D eigenvalue weighted by Crippen LogP contribution is -2.21. The van der Waals surface area contributed by atoms with Gasteiger partial charge in [0.05, 0.1) is 6.61 Å². The van der Waals surface area contributed by atoms with Crippen LogP contribution >= 0.6 is 0 Å². The number of rotatable bonds is 7. The first-order valence-corrected chi connectivity index (χ1v) is 5.75. The van der Waals surface area contributed by atoms with Crippen molar-refractivity contribution in [1.82, 2.24) is 4.90 Å². The molecule has 0 radical (unpaired) electrons. The summed E-state index contributed by atoms with van der Waals surface area (Å²) in [6.45, 7) is 10.3. The van der Waals surface area contributed by atoms with Crippen LogP contribution in [0.1, 0.15) is 40.5 Å². The Morgan fingerprint density at radius 2 is 1.73 bits per heavy atom. The van der Waals surface area contributed by atoms with Crippen LogP contribution in [-0.4, -0.2) is 30.6 Å². The molecule has 0 rings (SSSR count). The Morgan fingerprint density at radius 3 is 2.13 bits per heavy atom. The summed E-state index contributed by atoms with van der Waals surface area (Å²) >= 11 is 0. The zero-order valence-electron chi connectivity index (χ0n) is 10.4. The Hall–Kier alpha value is -0.990. The summed E-state index contributed by atoms with van der Waals surface area (Å²) in [5, 5.41) is 0. The molecule has 0 aliphatic carbocycles. The normalized spacial score (nSPS) is 11.3. The Balaban J connectivity index is 4.30. The molecule has 0 saturated heterocycles. The Kier molecular flexibility index (Phi) is 7.78. The maximum atomic E-state index is 11.4. The molecule has 3 nitrogen and oxygen atoms in total. The van der Waals surface area contributed by atoms with Gasteiger partial charge in [-0.15, -0.1) is 0 Å². The maximum Gasteiger partial charge on any atom is 0.335 e. The highest BCUT2D eigenvalue weighted by Gasteiger charge is 2.06. The third-order valence-corrected chi connectivity index (χ3v) is 2.00. The van der Waals surface area contributed by atoms with E-state index < -0.39 is 0 Å². The third-order valence-electron chi connectivity index (χ3n) is 2.00. The molecule has 88 valence electrons. The molecular weight excluding hydrogens is 190 g/mol. The van der Waals surface area contributed by atoms with E-state index in [1.165, 1.54) is 0 Å². The first-order chi connectivity index (χ1) is 7.15. The first-order valence-electron chi connectivity index (χ1n) is 5.75. The number of nitrogens with zero attached hydrogens (tertiary/aromatic N) is 1. The van der Waals surface area contributed by atoms with Crippen LogP contribution < -0.4 is 0 Å². The summed E-state index contributed by atoms with van der Waals surface area (Å²) < 4.78 is 4.93. The second-order valence-electron chi connectivity index (χ2n) is 3.57. The SMILES string of the molecule is CCCN(C=C(C)C(=O)OCC)CCC. The zero-order valence-corrected chi connectivity index (χ0v) is 10.4. The van der Waals surface area contributed by atoms with Crippen molar-refractivity contribution in [3.05, 3.63) is 11.8 Å². The quantitative estimate of drug-likeness (QED) is 0.481. The van der Waals surface area contributed by atoms with Gasteiger partial charge in [0.25, 0.3) is 0 Å². The van der Waals surface area contributed by atoms with Gasteiger partial charge in [0.1, 0.15) is 0 Å². The summed E-state index contributed by atoms with van der Waals surface area (Å²) in [6, 6.07) is 0. The van der Waals surface area contributed by atoms with Crippen LogP contribution in [0, 0.1) is 0 Å². The summed E-state index contributed by atoms with van der Waals surface area (Å²) in [4.78, 5) is 13.5. The maximum absolute atomic E-state index is 11.4. The Labute approximate surface area is 93.1 Å². The molecule has 0 aromatic heterocycles. The number of hydrogen-bond acceptors (Lipinski definition) is 3. The van der Waals surface area contributed by atoms with Gasteiger partial charge in [0, 0.05) is 24.9 Å². The molecule has 0 fully saturated rings. The van der Waals surface area contributed by atoms with Gasteiger partial charge in [0.2, 0.25) is 0 Å². The van der Waals surface area contributed by atoms with E-state index in [1.807, 2.05) is 13.1 Å². The average molecular weight is 213 g/mol. The van der Waals surface area contributed by atoms with Crippen molar-refractivity contribution < 1.29 is 9.53 Å². The summed E-state index contributed by atoms with van der Waals surface area (Å²) in [6.07, 6.45) is 4.09. The highest BCUT2D eigenvalue weighted by atomic mass is 16.5. The number of hydrogen-bond donors (Lipinski definition) is 0. The van der Waals surface area contributed by atoms with Gasteiger partial charge in [-0.3, -0.25) is 0 Å². The zero-order chi connectivity index (χ0) is 11.7. The van der Waals surface area contributed by atoms with Crippen molar-refractivity contribution in [1.29, 1.82) is 0 Å². The molecule has 0 aliphatic heterocycles. The van der Waals surface area contributed by atoms with Gasteiger partial charge >= 0.3 is 5.97 Å². The molecule has 0 unspecified atom stereocenters. The van der Waals surface area contributed by atoms with Crippen LogP contribution in [0.15, 0.2) is 11.8 Å². The second-order valence-corrected chi connectivity index (χ2v) is 3.57. The lowest BCUT2D eigenvalue weighted by molar-refractivity contribution is -0.138. The monoisotopic (exact) mass is 213 g/mol. The fraction of sp³-hybridized carbons (Fsp3) is 0.750. The van der Waals surface area contributed by atoms with Crippen LogP contribution in [0.2, 0.25) is 0 Å². The molecule has 0 N–H and O–H groups in total. The molecule has 15 heavy (non-hydrogen) atoms. The number of ether oxygens (including phenoxy) is 1. The van der Waals surface area contributed by atoms with E-state index in [2.05, 4.69) is 18.7 Å². The van der Waals surface area contributed by atoms with E-state index >= 15 is 0 Å². The van der Waals surface area contributed by atoms with Gasteiger partial charge in [-0.05, 0) is 26.7 Å². The van der Waals surface area contributed by atoms with Crippen molar-refractivity contribution in [2.24, 2.45) is 0 Å². The van der Waals surface area contributed by atoms with E-state index in [9.17, 15) is 4.79 Å². The van der Waals surface area contributed by atoms with Crippen LogP contribution in [0.4, 0.5) is 0 Å². The minimum absolute atomic E-state index is 0.213. The fourth-order valence-corrected chi connectivity index (χ4v) is 1.39. The number of carbonyl (C=O) groups excluding carboxylic acids is 1. The molecule has 0 heterocycles. The summed E-state index contributed by atoms with van der Waals surface area (Å²) in [7, 11) is 0. The molecule has 0 aliphatic rings. The van der Waals surface area contributed by atoms with Crippen molar-refractivity contribution in [3.63, 3.8) is 0 Å². The molecule has 0 aromatic carbocycles.